The van der Waals surface area contributed by atoms with E-state index < -0.39 is 0 Å². The van der Waals surface area contributed by atoms with Crippen molar-refractivity contribution in [3.05, 3.63) is 66.9 Å². The van der Waals surface area contributed by atoms with Crippen molar-refractivity contribution in [2.45, 2.75) is 0 Å². The summed E-state index contributed by atoms with van der Waals surface area (Å²) in [7, 11) is 0. The molecule has 0 atom stereocenters. The normalized spacial score (nSPS) is 9.86. The van der Waals surface area contributed by atoms with Gasteiger partial charge in [0.05, 0.1) is 5.69 Å². The fourth-order valence-electron chi connectivity index (χ4n) is 2.09. The highest BCUT2D eigenvalue weighted by Crippen LogP contribution is 2.23. The van der Waals surface area contributed by atoms with Crippen LogP contribution >= 0.6 is 0 Å². The molecule has 0 saturated heterocycles. The lowest BCUT2D eigenvalue weighted by molar-refractivity contribution is 1.17. The van der Waals surface area contributed by atoms with E-state index in [1.807, 2.05) is 42.6 Å². The third kappa shape index (κ3) is 2.88. The molecule has 0 radical (unpaired) electrons. The first-order valence-electron chi connectivity index (χ1n) is 6.51. The topological polar surface area (TPSA) is 61.6 Å². The van der Waals surface area contributed by atoms with Gasteiger partial charge in [0, 0.05) is 11.8 Å². The Morgan fingerprint density at radius 2 is 1.48 bits per heavy atom. The van der Waals surface area contributed by atoms with Crippen LogP contribution in [0.1, 0.15) is 0 Å². The number of aromatic nitrogens is 2. The molecule has 2 aromatic carbocycles. The number of hydrogen-bond donors (Lipinski definition) is 1. The lowest BCUT2D eigenvalue weighted by Crippen LogP contribution is -1.96. The molecule has 4 nitrogen and oxygen atoms in total. The van der Waals surface area contributed by atoms with E-state index in [4.69, 9.17) is 5.26 Å². The van der Waals surface area contributed by atoms with Gasteiger partial charge >= 0.3 is 0 Å². The number of anilines is 1. The van der Waals surface area contributed by atoms with Crippen LogP contribution in [0, 0.1) is 11.5 Å². The van der Waals surface area contributed by atoms with E-state index in [-0.39, 0.29) is 0 Å². The van der Waals surface area contributed by atoms with Crippen molar-refractivity contribution in [1.29, 1.82) is 5.26 Å². The minimum Gasteiger partial charge on any atom is -0.261 e. The maximum atomic E-state index is 8.60. The Hall–Kier alpha value is -3.19. The molecule has 0 aliphatic rings. The summed E-state index contributed by atoms with van der Waals surface area (Å²) in [4.78, 5) is 8.27. The molecular formula is C17H12N4. The van der Waals surface area contributed by atoms with Crippen molar-refractivity contribution in [3.63, 3.8) is 0 Å². The average molecular weight is 272 g/mol. The van der Waals surface area contributed by atoms with Gasteiger partial charge in [-0.25, -0.2) is 9.97 Å². The van der Waals surface area contributed by atoms with E-state index in [1.54, 1.807) is 6.20 Å². The molecule has 100 valence electrons. The van der Waals surface area contributed by atoms with Gasteiger partial charge in [-0.05, 0) is 17.2 Å². The van der Waals surface area contributed by atoms with E-state index in [0.29, 0.717) is 5.95 Å². The van der Waals surface area contributed by atoms with Gasteiger partial charge in [-0.2, -0.15) is 5.26 Å². The minimum atomic E-state index is 0.308. The molecule has 0 bridgehead atoms. The highest BCUT2D eigenvalue weighted by atomic mass is 15.1. The second-order valence-corrected chi connectivity index (χ2v) is 4.45. The monoisotopic (exact) mass is 272 g/mol. The van der Waals surface area contributed by atoms with Crippen LogP contribution in [0.3, 0.4) is 0 Å². The van der Waals surface area contributed by atoms with E-state index in [1.165, 1.54) is 5.56 Å². The van der Waals surface area contributed by atoms with Gasteiger partial charge in [0.15, 0.2) is 6.19 Å². The van der Waals surface area contributed by atoms with Crippen molar-refractivity contribution in [2.75, 3.05) is 5.32 Å². The Morgan fingerprint density at radius 1 is 0.810 bits per heavy atom. The summed E-state index contributed by atoms with van der Waals surface area (Å²) in [6, 6.07) is 20.2. The molecule has 0 fully saturated rings. The van der Waals surface area contributed by atoms with Gasteiger partial charge in [-0.3, -0.25) is 5.32 Å². The molecule has 1 aromatic heterocycles. The smallest absolute Gasteiger partial charge is 0.236 e. The van der Waals surface area contributed by atoms with E-state index >= 15 is 0 Å². The number of nitriles is 1. The van der Waals surface area contributed by atoms with Gasteiger partial charge in [0.1, 0.15) is 0 Å². The molecule has 21 heavy (non-hydrogen) atoms. The molecule has 0 aliphatic carbocycles. The van der Waals surface area contributed by atoms with Gasteiger partial charge in [0.25, 0.3) is 0 Å². The van der Waals surface area contributed by atoms with E-state index in [2.05, 4.69) is 39.6 Å². The first-order chi connectivity index (χ1) is 10.4. The number of nitrogens with zero attached hydrogens (tertiary/aromatic N) is 3. The summed E-state index contributed by atoms with van der Waals surface area (Å²) in [5, 5.41) is 11.0. The van der Waals surface area contributed by atoms with E-state index in [0.717, 1.165) is 16.8 Å². The SMILES string of the molecule is N#CNc1nccc(-c2ccc(-c3ccccc3)cc2)n1. The molecule has 0 amide bonds. The number of nitrogens with one attached hydrogen (secondary N) is 1. The fraction of sp³-hybridized carbons (Fsp3) is 0. The van der Waals surface area contributed by atoms with Crippen LogP contribution in [0.25, 0.3) is 22.4 Å². The van der Waals surface area contributed by atoms with Crippen LogP contribution in [0.4, 0.5) is 5.95 Å². The Morgan fingerprint density at radius 3 is 2.19 bits per heavy atom. The van der Waals surface area contributed by atoms with Crippen LogP contribution in [-0.2, 0) is 0 Å². The highest BCUT2D eigenvalue weighted by molar-refractivity contribution is 5.69. The van der Waals surface area contributed by atoms with Crippen molar-refractivity contribution >= 4 is 5.95 Å². The van der Waals surface area contributed by atoms with Crippen molar-refractivity contribution < 1.29 is 0 Å². The van der Waals surface area contributed by atoms with Crippen molar-refractivity contribution in [3.8, 4) is 28.6 Å². The second kappa shape index (κ2) is 5.85. The molecule has 3 rings (SSSR count). The van der Waals surface area contributed by atoms with Gasteiger partial charge in [0.2, 0.25) is 5.95 Å². The summed E-state index contributed by atoms with van der Waals surface area (Å²) < 4.78 is 0. The number of rotatable bonds is 3. The van der Waals surface area contributed by atoms with Crippen LogP contribution < -0.4 is 5.32 Å². The Bertz CT molecular complexity index is 774. The van der Waals surface area contributed by atoms with E-state index in [9.17, 15) is 0 Å². The zero-order chi connectivity index (χ0) is 14.5. The molecule has 0 aliphatic heterocycles. The van der Waals surface area contributed by atoms with Crippen LogP contribution in [0.15, 0.2) is 66.9 Å². The predicted octanol–water partition coefficient (Wildman–Crippen LogP) is 3.70. The summed E-state index contributed by atoms with van der Waals surface area (Å²) in [5.41, 5.74) is 4.10. The summed E-state index contributed by atoms with van der Waals surface area (Å²) in [6.07, 6.45) is 3.45. The molecule has 0 spiro atoms. The molecule has 3 aromatic rings. The highest BCUT2D eigenvalue weighted by Gasteiger charge is 2.03. The maximum Gasteiger partial charge on any atom is 0.236 e. The lowest BCUT2D eigenvalue weighted by atomic mass is 10.0. The summed E-state index contributed by atoms with van der Waals surface area (Å²) >= 11 is 0. The minimum absolute atomic E-state index is 0.308. The third-order valence-electron chi connectivity index (χ3n) is 3.11. The summed E-state index contributed by atoms with van der Waals surface area (Å²) in [5.74, 6) is 0.308. The lowest BCUT2D eigenvalue weighted by Gasteiger charge is -2.05. The summed E-state index contributed by atoms with van der Waals surface area (Å²) in [6.45, 7) is 0. The number of hydrogen-bond acceptors (Lipinski definition) is 4. The molecule has 4 heteroatoms. The van der Waals surface area contributed by atoms with Crippen LogP contribution in [0.2, 0.25) is 0 Å². The van der Waals surface area contributed by atoms with Gasteiger partial charge < -0.3 is 0 Å². The fourth-order valence-corrected chi connectivity index (χ4v) is 2.09. The van der Waals surface area contributed by atoms with Crippen molar-refractivity contribution in [1.82, 2.24) is 9.97 Å². The molecule has 1 N–H and O–H groups in total. The van der Waals surface area contributed by atoms with Gasteiger partial charge in [-0.15, -0.1) is 0 Å². The standard InChI is InChI=1S/C17H12N4/c18-12-20-17-19-11-10-16(21-17)15-8-6-14(7-9-15)13-4-2-1-3-5-13/h1-11H,(H,19,20,21). The zero-order valence-corrected chi connectivity index (χ0v) is 11.2. The van der Waals surface area contributed by atoms with Crippen LogP contribution in [0.5, 0.6) is 0 Å². The third-order valence-corrected chi connectivity index (χ3v) is 3.11. The molecule has 0 unspecified atom stereocenters. The Labute approximate surface area is 122 Å². The first kappa shape index (κ1) is 12.8. The average Bonchev–Trinajstić information content (AvgIpc) is 2.56. The Balaban J connectivity index is 1.91. The molecule has 0 saturated carbocycles. The Kier molecular flexibility index (Phi) is 3.57. The molecular weight excluding hydrogens is 260 g/mol. The number of benzene rings is 2. The van der Waals surface area contributed by atoms with Crippen molar-refractivity contribution in [2.24, 2.45) is 0 Å². The zero-order valence-electron chi connectivity index (χ0n) is 11.2. The largest absolute Gasteiger partial charge is 0.261 e. The predicted molar refractivity (Wildman–Crippen MR) is 82.1 cm³/mol. The maximum absolute atomic E-state index is 8.60. The molecule has 1 heterocycles. The first-order valence-corrected chi connectivity index (χ1v) is 6.51. The second-order valence-electron chi connectivity index (χ2n) is 4.45. The quantitative estimate of drug-likeness (QED) is 0.583. The van der Waals surface area contributed by atoms with Gasteiger partial charge in [-0.1, -0.05) is 54.6 Å². The van der Waals surface area contributed by atoms with Crippen LogP contribution in [-0.4, -0.2) is 9.97 Å².